The third-order valence-corrected chi connectivity index (χ3v) is 4.38. The molecule has 0 aliphatic carbocycles. The Bertz CT molecular complexity index is 582. The van der Waals surface area contributed by atoms with E-state index in [1.807, 2.05) is 0 Å². The number of sulfonamides is 1. The highest BCUT2D eigenvalue weighted by molar-refractivity contribution is 9.10. The Hall–Kier alpha value is -0.970. The second-order valence-corrected chi connectivity index (χ2v) is 5.83. The zero-order chi connectivity index (χ0) is 13.8. The van der Waals surface area contributed by atoms with Gasteiger partial charge in [-0.15, -0.1) is 11.8 Å². The Balaban J connectivity index is 3.01. The van der Waals surface area contributed by atoms with Gasteiger partial charge < -0.3 is 0 Å². The van der Waals surface area contributed by atoms with E-state index in [2.05, 4.69) is 32.5 Å². The molecule has 1 aromatic carbocycles. The van der Waals surface area contributed by atoms with Crippen LogP contribution in [0, 0.1) is 23.5 Å². The van der Waals surface area contributed by atoms with Gasteiger partial charge in [0.25, 0.3) is 0 Å². The van der Waals surface area contributed by atoms with E-state index in [4.69, 9.17) is 0 Å². The number of hydrogen-bond acceptors (Lipinski definition) is 2. The van der Waals surface area contributed by atoms with Crippen LogP contribution in [0.3, 0.4) is 0 Å². The first-order valence-electron chi connectivity index (χ1n) is 4.92. The summed E-state index contributed by atoms with van der Waals surface area (Å²) in [6, 6.07) is 1.41. The van der Waals surface area contributed by atoms with Gasteiger partial charge in [0.05, 0.1) is 0 Å². The largest absolute Gasteiger partial charge is 0.244 e. The van der Waals surface area contributed by atoms with Crippen molar-refractivity contribution in [1.29, 1.82) is 0 Å². The Morgan fingerprint density at radius 2 is 2.06 bits per heavy atom. The quantitative estimate of drug-likeness (QED) is 0.677. The van der Waals surface area contributed by atoms with Crippen molar-refractivity contribution in [2.24, 2.45) is 0 Å². The Kier molecular flexibility index (Phi) is 5.26. The lowest BCUT2D eigenvalue weighted by molar-refractivity contribution is 0.541. The molecular formula is C11H10BrF2NO2S. The lowest BCUT2D eigenvalue weighted by Crippen LogP contribution is -2.26. The van der Waals surface area contributed by atoms with Crippen LogP contribution in [-0.4, -0.2) is 15.0 Å². The van der Waals surface area contributed by atoms with Crippen LogP contribution >= 0.6 is 15.9 Å². The van der Waals surface area contributed by atoms with Crippen molar-refractivity contribution in [2.45, 2.75) is 18.2 Å². The fraction of sp³-hybridized carbons (Fsp3) is 0.273. The Morgan fingerprint density at radius 3 is 2.61 bits per heavy atom. The van der Waals surface area contributed by atoms with E-state index >= 15 is 0 Å². The molecule has 3 nitrogen and oxygen atoms in total. The molecule has 0 spiro atoms. The van der Waals surface area contributed by atoms with E-state index < -0.39 is 26.6 Å². The fourth-order valence-electron chi connectivity index (χ4n) is 1.23. The van der Waals surface area contributed by atoms with Gasteiger partial charge in [-0.25, -0.2) is 21.9 Å². The van der Waals surface area contributed by atoms with E-state index in [1.165, 1.54) is 0 Å². The second kappa shape index (κ2) is 6.27. The molecule has 0 radical (unpaired) electrons. The number of hydrogen-bond donors (Lipinski definition) is 1. The van der Waals surface area contributed by atoms with Gasteiger partial charge in [-0.1, -0.05) is 0 Å². The van der Waals surface area contributed by atoms with Gasteiger partial charge in [0.15, 0.2) is 0 Å². The first-order valence-corrected chi connectivity index (χ1v) is 7.20. The number of nitrogens with one attached hydrogen (secondary N) is 1. The van der Waals surface area contributed by atoms with Gasteiger partial charge in [-0.3, -0.25) is 0 Å². The summed E-state index contributed by atoms with van der Waals surface area (Å²) in [5.74, 6) is 3.28. The summed E-state index contributed by atoms with van der Waals surface area (Å²) >= 11 is 2.83. The SMILES string of the molecule is CC#CCCNS(=O)(=O)c1c(F)cc(F)cc1Br. The van der Waals surface area contributed by atoms with E-state index in [9.17, 15) is 17.2 Å². The lowest BCUT2D eigenvalue weighted by atomic mass is 10.3. The summed E-state index contributed by atoms with van der Waals surface area (Å²) in [7, 11) is -4.03. The van der Waals surface area contributed by atoms with Crippen molar-refractivity contribution in [3.63, 3.8) is 0 Å². The number of halogens is 3. The van der Waals surface area contributed by atoms with Crippen LogP contribution in [0.1, 0.15) is 13.3 Å². The predicted octanol–water partition coefficient (Wildman–Crippen LogP) is 2.42. The minimum atomic E-state index is -4.03. The molecule has 0 amide bonds. The third-order valence-electron chi connectivity index (χ3n) is 1.95. The fourth-order valence-corrected chi connectivity index (χ4v) is 3.42. The van der Waals surface area contributed by atoms with Crippen LogP contribution in [0.4, 0.5) is 8.78 Å². The first-order chi connectivity index (χ1) is 8.38. The highest BCUT2D eigenvalue weighted by atomic mass is 79.9. The molecular weight excluding hydrogens is 328 g/mol. The molecule has 7 heteroatoms. The molecule has 0 heterocycles. The molecule has 0 aromatic heterocycles. The summed E-state index contributed by atoms with van der Waals surface area (Å²) in [6.45, 7) is 1.69. The minimum absolute atomic E-state index is 0.0619. The molecule has 1 N–H and O–H groups in total. The summed E-state index contributed by atoms with van der Waals surface area (Å²) in [4.78, 5) is -0.603. The Labute approximate surface area is 113 Å². The molecule has 98 valence electrons. The molecule has 1 aromatic rings. The molecule has 0 atom stereocenters. The topological polar surface area (TPSA) is 46.2 Å². The summed E-state index contributed by atoms with van der Waals surface area (Å²) in [6.07, 6.45) is 0.316. The summed E-state index contributed by atoms with van der Waals surface area (Å²) < 4.78 is 51.9. The van der Waals surface area contributed by atoms with E-state index in [1.54, 1.807) is 6.92 Å². The molecule has 0 aliphatic rings. The molecule has 0 saturated heterocycles. The van der Waals surface area contributed by atoms with Crippen LogP contribution < -0.4 is 4.72 Å². The molecule has 18 heavy (non-hydrogen) atoms. The summed E-state index contributed by atoms with van der Waals surface area (Å²) in [5, 5.41) is 0. The smallest absolute Gasteiger partial charge is 0.210 e. The first kappa shape index (κ1) is 15.1. The van der Waals surface area contributed by atoms with Crippen molar-refractivity contribution < 1.29 is 17.2 Å². The van der Waals surface area contributed by atoms with Crippen LogP contribution in [0.5, 0.6) is 0 Å². The molecule has 1 rings (SSSR count). The average Bonchev–Trinajstić information content (AvgIpc) is 2.22. The summed E-state index contributed by atoms with van der Waals surface area (Å²) in [5.41, 5.74) is 0. The van der Waals surface area contributed by atoms with Crippen molar-refractivity contribution in [1.82, 2.24) is 4.72 Å². The lowest BCUT2D eigenvalue weighted by Gasteiger charge is -2.08. The van der Waals surface area contributed by atoms with Crippen LogP contribution in [0.2, 0.25) is 0 Å². The van der Waals surface area contributed by atoms with Crippen LogP contribution in [0.15, 0.2) is 21.5 Å². The number of benzene rings is 1. The van der Waals surface area contributed by atoms with Crippen molar-refractivity contribution in [3.8, 4) is 11.8 Å². The van der Waals surface area contributed by atoms with Crippen LogP contribution in [-0.2, 0) is 10.0 Å². The van der Waals surface area contributed by atoms with Gasteiger partial charge in [-0.2, -0.15) is 0 Å². The van der Waals surface area contributed by atoms with Gasteiger partial charge in [-0.05, 0) is 28.9 Å². The maximum Gasteiger partial charge on any atom is 0.244 e. The third kappa shape index (κ3) is 3.77. The molecule has 0 unspecified atom stereocenters. The van der Waals surface area contributed by atoms with Crippen molar-refractivity contribution in [2.75, 3.05) is 6.54 Å². The zero-order valence-electron chi connectivity index (χ0n) is 9.43. The average molecular weight is 338 g/mol. The monoisotopic (exact) mass is 337 g/mol. The zero-order valence-corrected chi connectivity index (χ0v) is 11.8. The van der Waals surface area contributed by atoms with E-state index in [-0.39, 0.29) is 11.0 Å². The van der Waals surface area contributed by atoms with Crippen LogP contribution in [0.25, 0.3) is 0 Å². The van der Waals surface area contributed by atoms with Gasteiger partial charge >= 0.3 is 0 Å². The molecule has 0 saturated carbocycles. The maximum absolute atomic E-state index is 13.5. The predicted molar refractivity (Wildman–Crippen MR) is 67.3 cm³/mol. The normalized spacial score (nSPS) is 10.9. The van der Waals surface area contributed by atoms with Gasteiger partial charge in [0.2, 0.25) is 10.0 Å². The molecule has 0 fully saturated rings. The molecule has 0 aliphatic heterocycles. The van der Waals surface area contributed by atoms with Gasteiger partial charge in [0, 0.05) is 23.5 Å². The van der Waals surface area contributed by atoms with E-state index in [0.717, 1.165) is 6.07 Å². The number of rotatable bonds is 4. The minimum Gasteiger partial charge on any atom is -0.210 e. The van der Waals surface area contributed by atoms with E-state index in [0.29, 0.717) is 12.5 Å². The Morgan fingerprint density at radius 1 is 1.39 bits per heavy atom. The molecule has 0 bridgehead atoms. The van der Waals surface area contributed by atoms with Gasteiger partial charge in [0.1, 0.15) is 16.5 Å². The van der Waals surface area contributed by atoms with Crippen molar-refractivity contribution >= 4 is 26.0 Å². The highest BCUT2D eigenvalue weighted by Crippen LogP contribution is 2.25. The standard InChI is InChI=1S/C11H10BrF2NO2S/c1-2-3-4-5-15-18(16,17)11-9(12)6-8(13)7-10(11)14/h6-7,15H,4-5H2,1H3. The highest BCUT2D eigenvalue weighted by Gasteiger charge is 2.22. The second-order valence-electron chi connectivity index (χ2n) is 3.27. The van der Waals surface area contributed by atoms with Crippen molar-refractivity contribution in [3.05, 3.63) is 28.2 Å². The maximum atomic E-state index is 13.5.